The molecule has 19 heavy (non-hydrogen) atoms. The standard InChI is InChI=1S/C14H17N3O2/c1-10(2)16(9-11-3-4-11)13-5-6-14(17(18)19)12(7-13)8-15/h5-7,10-11H,3-4,9H2,1-2H3. The molecule has 1 aliphatic rings. The predicted octanol–water partition coefficient (Wildman–Crippen LogP) is 3.09. The van der Waals surface area contributed by atoms with Gasteiger partial charge in [0.1, 0.15) is 11.6 Å². The zero-order valence-corrected chi connectivity index (χ0v) is 11.2. The molecular formula is C14H17N3O2. The lowest BCUT2D eigenvalue weighted by molar-refractivity contribution is -0.385. The average molecular weight is 259 g/mol. The van der Waals surface area contributed by atoms with E-state index in [0.717, 1.165) is 18.2 Å². The van der Waals surface area contributed by atoms with Gasteiger partial charge in [-0.2, -0.15) is 5.26 Å². The maximum Gasteiger partial charge on any atom is 0.287 e. The first-order valence-corrected chi connectivity index (χ1v) is 6.48. The highest BCUT2D eigenvalue weighted by Gasteiger charge is 2.26. The van der Waals surface area contributed by atoms with Crippen LogP contribution in [0, 0.1) is 27.4 Å². The summed E-state index contributed by atoms with van der Waals surface area (Å²) in [6, 6.07) is 7.01. The summed E-state index contributed by atoms with van der Waals surface area (Å²) < 4.78 is 0. The van der Waals surface area contributed by atoms with Crippen LogP contribution in [-0.4, -0.2) is 17.5 Å². The minimum atomic E-state index is -0.511. The lowest BCUT2D eigenvalue weighted by Gasteiger charge is -2.29. The molecule has 0 atom stereocenters. The summed E-state index contributed by atoms with van der Waals surface area (Å²) in [5.41, 5.74) is 0.898. The summed E-state index contributed by atoms with van der Waals surface area (Å²) in [5, 5.41) is 19.9. The summed E-state index contributed by atoms with van der Waals surface area (Å²) in [4.78, 5) is 12.5. The van der Waals surface area contributed by atoms with E-state index in [2.05, 4.69) is 18.7 Å². The van der Waals surface area contributed by atoms with Crippen LogP contribution >= 0.6 is 0 Å². The Labute approximate surface area is 112 Å². The molecule has 1 fully saturated rings. The number of nitro groups is 1. The van der Waals surface area contributed by atoms with E-state index in [0.29, 0.717) is 6.04 Å². The third-order valence-corrected chi connectivity index (χ3v) is 3.40. The quantitative estimate of drug-likeness (QED) is 0.601. The van der Waals surface area contributed by atoms with Gasteiger partial charge in [0.2, 0.25) is 0 Å². The second kappa shape index (κ2) is 5.27. The minimum absolute atomic E-state index is 0.124. The SMILES string of the molecule is CC(C)N(CC1CC1)c1ccc([N+](=O)[O-])c(C#N)c1. The second-order valence-electron chi connectivity index (χ2n) is 5.26. The molecule has 0 heterocycles. The van der Waals surface area contributed by atoms with E-state index in [1.165, 1.54) is 18.9 Å². The average Bonchev–Trinajstić information content (AvgIpc) is 3.18. The van der Waals surface area contributed by atoms with Crippen LogP contribution in [0.2, 0.25) is 0 Å². The van der Waals surface area contributed by atoms with Crippen LogP contribution in [0.3, 0.4) is 0 Å². The first-order chi connectivity index (χ1) is 9.02. The maximum atomic E-state index is 10.8. The Morgan fingerprint density at radius 3 is 2.68 bits per heavy atom. The summed E-state index contributed by atoms with van der Waals surface area (Å²) in [6.07, 6.45) is 2.50. The monoisotopic (exact) mass is 259 g/mol. The first kappa shape index (κ1) is 13.3. The Kier molecular flexibility index (Phi) is 3.70. The fourth-order valence-corrected chi connectivity index (χ4v) is 2.14. The van der Waals surface area contributed by atoms with Crippen LogP contribution in [0.25, 0.3) is 0 Å². The van der Waals surface area contributed by atoms with Gasteiger partial charge in [-0.3, -0.25) is 10.1 Å². The normalized spacial score (nSPS) is 14.2. The Hall–Kier alpha value is -2.09. The molecule has 0 N–H and O–H groups in total. The van der Waals surface area contributed by atoms with Crippen LogP contribution in [0.5, 0.6) is 0 Å². The van der Waals surface area contributed by atoms with E-state index in [-0.39, 0.29) is 11.3 Å². The number of nitrogens with zero attached hydrogens (tertiary/aromatic N) is 3. The highest BCUT2D eigenvalue weighted by molar-refractivity contribution is 5.60. The van der Waals surface area contributed by atoms with Crippen molar-refractivity contribution in [1.82, 2.24) is 0 Å². The van der Waals surface area contributed by atoms with Crippen molar-refractivity contribution in [2.24, 2.45) is 5.92 Å². The highest BCUT2D eigenvalue weighted by atomic mass is 16.6. The van der Waals surface area contributed by atoms with Crippen molar-refractivity contribution in [2.75, 3.05) is 11.4 Å². The molecule has 0 radical (unpaired) electrons. The third-order valence-electron chi connectivity index (χ3n) is 3.40. The van der Waals surface area contributed by atoms with Gasteiger partial charge in [0, 0.05) is 24.3 Å². The number of nitro benzene ring substituents is 1. The molecule has 0 unspecified atom stereocenters. The zero-order chi connectivity index (χ0) is 14.0. The number of benzene rings is 1. The zero-order valence-electron chi connectivity index (χ0n) is 11.2. The second-order valence-corrected chi connectivity index (χ2v) is 5.26. The number of hydrogen-bond donors (Lipinski definition) is 0. The lowest BCUT2D eigenvalue weighted by Crippen LogP contribution is -2.32. The number of nitriles is 1. The van der Waals surface area contributed by atoms with E-state index in [1.807, 2.05) is 6.07 Å². The van der Waals surface area contributed by atoms with Crippen molar-refractivity contribution in [3.8, 4) is 6.07 Å². The highest BCUT2D eigenvalue weighted by Crippen LogP contribution is 2.33. The van der Waals surface area contributed by atoms with Gasteiger partial charge in [-0.25, -0.2) is 0 Å². The van der Waals surface area contributed by atoms with Crippen LogP contribution in [0.15, 0.2) is 18.2 Å². The van der Waals surface area contributed by atoms with Gasteiger partial charge in [-0.1, -0.05) is 0 Å². The molecule has 1 aromatic carbocycles. The molecule has 0 bridgehead atoms. The molecule has 1 aromatic rings. The Morgan fingerprint density at radius 2 is 2.21 bits per heavy atom. The van der Waals surface area contributed by atoms with E-state index < -0.39 is 4.92 Å². The summed E-state index contributed by atoms with van der Waals surface area (Å²) in [5.74, 6) is 0.725. The van der Waals surface area contributed by atoms with Gasteiger partial charge < -0.3 is 4.90 Å². The molecule has 0 aromatic heterocycles. The molecule has 1 saturated carbocycles. The smallest absolute Gasteiger partial charge is 0.287 e. The van der Waals surface area contributed by atoms with Crippen molar-refractivity contribution >= 4 is 11.4 Å². The van der Waals surface area contributed by atoms with Crippen molar-refractivity contribution in [3.05, 3.63) is 33.9 Å². The molecule has 1 aliphatic carbocycles. The number of rotatable bonds is 5. The molecule has 5 heteroatoms. The topological polar surface area (TPSA) is 70.2 Å². The Morgan fingerprint density at radius 1 is 1.53 bits per heavy atom. The van der Waals surface area contributed by atoms with E-state index in [4.69, 9.17) is 5.26 Å². The summed E-state index contributed by atoms with van der Waals surface area (Å²) >= 11 is 0. The third kappa shape index (κ3) is 3.02. The minimum Gasteiger partial charge on any atom is -0.369 e. The molecule has 2 rings (SSSR count). The van der Waals surface area contributed by atoms with Gasteiger partial charge in [0.15, 0.2) is 0 Å². The van der Waals surface area contributed by atoms with Gasteiger partial charge in [-0.05, 0) is 44.7 Å². The first-order valence-electron chi connectivity index (χ1n) is 6.48. The van der Waals surface area contributed by atoms with Crippen molar-refractivity contribution in [2.45, 2.75) is 32.7 Å². The number of anilines is 1. The van der Waals surface area contributed by atoms with Gasteiger partial charge in [-0.15, -0.1) is 0 Å². The van der Waals surface area contributed by atoms with Crippen molar-refractivity contribution in [1.29, 1.82) is 5.26 Å². The Balaban J connectivity index is 2.32. The fraction of sp³-hybridized carbons (Fsp3) is 0.500. The Bertz CT molecular complexity index is 530. The molecule has 100 valence electrons. The van der Waals surface area contributed by atoms with Crippen LogP contribution < -0.4 is 4.90 Å². The lowest BCUT2D eigenvalue weighted by atomic mass is 10.1. The van der Waals surface area contributed by atoms with Crippen molar-refractivity contribution in [3.63, 3.8) is 0 Å². The maximum absolute atomic E-state index is 10.8. The van der Waals surface area contributed by atoms with Crippen LogP contribution in [0.1, 0.15) is 32.3 Å². The van der Waals surface area contributed by atoms with Crippen LogP contribution in [0.4, 0.5) is 11.4 Å². The molecule has 0 saturated heterocycles. The van der Waals surface area contributed by atoms with E-state index in [1.54, 1.807) is 12.1 Å². The van der Waals surface area contributed by atoms with E-state index in [9.17, 15) is 10.1 Å². The summed E-state index contributed by atoms with van der Waals surface area (Å²) in [7, 11) is 0. The molecular weight excluding hydrogens is 242 g/mol. The molecule has 0 amide bonds. The van der Waals surface area contributed by atoms with Crippen LogP contribution in [-0.2, 0) is 0 Å². The number of hydrogen-bond acceptors (Lipinski definition) is 4. The van der Waals surface area contributed by atoms with Crippen molar-refractivity contribution < 1.29 is 4.92 Å². The summed E-state index contributed by atoms with van der Waals surface area (Å²) in [6.45, 7) is 5.14. The predicted molar refractivity (Wildman–Crippen MR) is 73.0 cm³/mol. The molecule has 0 spiro atoms. The van der Waals surface area contributed by atoms with Gasteiger partial charge in [0.25, 0.3) is 5.69 Å². The fourth-order valence-electron chi connectivity index (χ4n) is 2.14. The van der Waals surface area contributed by atoms with Gasteiger partial charge >= 0.3 is 0 Å². The van der Waals surface area contributed by atoms with E-state index >= 15 is 0 Å². The molecule has 5 nitrogen and oxygen atoms in total. The largest absolute Gasteiger partial charge is 0.369 e. The molecule has 0 aliphatic heterocycles. The van der Waals surface area contributed by atoms with Gasteiger partial charge in [0.05, 0.1) is 4.92 Å².